The fourth-order valence-electron chi connectivity index (χ4n) is 3.98. The van der Waals surface area contributed by atoms with Gasteiger partial charge in [0, 0.05) is 30.1 Å². The first-order chi connectivity index (χ1) is 11.5. The van der Waals surface area contributed by atoms with Crippen molar-refractivity contribution in [2.75, 3.05) is 18.1 Å². The van der Waals surface area contributed by atoms with Crippen LogP contribution >= 0.6 is 0 Å². The molecule has 0 aromatic heterocycles. The molecule has 1 aromatic rings. The fraction of sp³-hybridized carbons (Fsp3) is 0.611. The zero-order chi connectivity index (χ0) is 16.8. The van der Waals surface area contributed by atoms with Crippen molar-refractivity contribution in [3.8, 4) is 0 Å². The first-order valence-electron chi connectivity index (χ1n) is 8.64. The number of carbonyl (C=O) groups excluding carboxylic acids is 1. The van der Waals surface area contributed by atoms with E-state index in [9.17, 15) is 13.6 Å². The maximum Gasteiger partial charge on any atom is 0.414 e. The SMILES string of the molecule is O=C1OCCN1c1ccc(CNC2CCC3(CC2)CC3(F)F)cc1. The van der Waals surface area contributed by atoms with Gasteiger partial charge in [-0.05, 0) is 43.4 Å². The van der Waals surface area contributed by atoms with Gasteiger partial charge in [0.2, 0.25) is 0 Å². The lowest BCUT2D eigenvalue weighted by Gasteiger charge is -2.29. The zero-order valence-corrected chi connectivity index (χ0v) is 13.6. The number of ether oxygens (including phenoxy) is 1. The van der Waals surface area contributed by atoms with Crippen LogP contribution in [0.15, 0.2) is 24.3 Å². The third-order valence-electron chi connectivity index (χ3n) is 5.76. The van der Waals surface area contributed by atoms with E-state index >= 15 is 0 Å². The van der Waals surface area contributed by atoms with E-state index in [1.165, 1.54) is 0 Å². The van der Waals surface area contributed by atoms with Gasteiger partial charge in [0.15, 0.2) is 0 Å². The minimum Gasteiger partial charge on any atom is -0.447 e. The smallest absolute Gasteiger partial charge is 0.414 e. The Morgan fingerprint density at radius 2 is 1.88 bits per heavy atom. The zero-order valence-electron chi connectivity index (χ0n) is 13.6. The topological polar surface area (TPSA) is 41.6 Å². The highest BCUT2D eigenvalue weighted by Crippen LogP contribution is 2.67. The molecule has 2 aliphatic carbocycles. The summed E-state index contributed by atoms with van der Waals surface area (Å²) in [6.07, 6.45) is 2.71. The Hall–Kier alpha value is -1.69. The van der Waals surface area contributed by atoms with Crippen molar-refractivity contribution in [1.82, 2.24) is 5.32 Å². The first kappa shape index (κ1) is 15.8. The van der Waals surface area contributed by atoms with Crippen molar-refractivity contribution in [2.24, 2.45) is 5.41 Å². The van der Waals surface area contributed by atoms with Crippen LogP contribution < -0.4 is 10.2 Å². The number of hydrogen-bond donors (Lipinski definition) is 1. The quantitative estimate of drug-likeness (QED) is 0.911. The Balaban J connectivity index is 1.27. The molecule has 1 aliphatic heterocycles. The summed E-state index contributed by atoms with van der Waals surface area (Å²) >= 11 is 0. The van der Waals surface area contributed by atoms with Crippen molar-refractivity contribution in [3.05, 3.63) is 29.8 Å². The summed E-state index contributed by atoms with van der Waals surface area (Å²) in [5.41, 5.74) is 1.30. The maximum absolute atomic E-state index is 13.4. The summed E-state index contributed by atoms with van der Waals surface area (Å²) in [7, 11) is 0. The normalized spacial score (nSPS) is 31.3. The average molecular weight is 336 g/mol. The van der Waals surface area contributed by atoms with Gasteiger partial charge in [0.25, 0.3) is 5.92 Å². The molecule has 0 bridgehead atoms. The number of hydrogen-bond acceptors (Lipinski definition) is 3. The molecule has 4 nitrogen and oxygen atoms in total. The third-order valence-corrected chi connectivity index (χ3v) is 5.76. The molecule has 0 unspecified atom stereocenters. The van der Waals surface area contributed by atoms with Crippen LogP contribution in [0.25, 0.3) is 0 Å². The van der Waals surface area contributed by atoms with Crippen LogP contribution in [0.4, 0.5) is 19.3 Å². The predicted molar refractivity (Wildman–Crippen MR) is 86.2 cm³/mol. The number of anilines is 1. The van der Waals surface area contributed by atoms with Gasteiger partial charge >= 0.3 is 6.09 Å². The van der Waals surface area contributed by atoms with Crippen molar-refractivity contribution in [2.45, 2.75) is 50.6 Å². The molecule has 4 rings (SSSR count). The van der Waals surface area contributed by atoms with Gasteiger partial charge in [-0.25, -0.2) is 13.6 Å². The number of halogens is 2. The number of amides is 1. The first-order valence-corrected chi connectivity index (χ1v) is 8.64. The fourth-order valence-corrected chi connectivity index (χ4v) is 3.98. The molecule has 6 heteroatoms. The monoisotopic (exact) mass is 336 g/mol. The van der Waals surface area contributed by atoms with Crippen molar-refractivity contribution in [1.29, 1.82) is 0 Å². The van der Waals surface area contributed by atoms with Gasteiger partial charge in [0.1, 0.15) is 6.61 Å². The molecule has 1 heterocycles. The molecule has 3 fully saturated rings. The Bertz CT molecular complexity index is 624. The number of carbonyl (C=O) groups is 1. The van der Waals surface area contributed by atoms with Crippen molar-refractivity contribution < 1.29 is 18.3 Å². The number of rotatable bonds is 4. The third kappa shape index (κ3) is 2.77. The molecule has 0 radical (unpaired) electrons. The summed E-state index contributed by atoms with van der Waals surface area (Å²) in [6, 6.07) is 8.15. The molecule has 3 aliphatic rings. The molecule has 130 valence electrons. The minimum absolute atomic E-state index is 0.0904. The number of cyclic esters (lactones) is 1. The lowest BCUT2D eigenvalue weighted by molar-refractivity contribution is 0.0437. The number of nitrogens with one attached hydrogen (secondary N) is 1. The molecule has 24 heavy (non-hydrogen) atoms. The van der Waals surface area contributed by atoms with Crippen molar-refractivity contribution >= 4 is 11.8 Å². The van der Waals surface area contributed by atoms with Crippen LogP contribution in [-0.2, 0) is 11.3 Å². The van der Waals surface area contributed by atoms with Crippen LogP contribution in [0.1, 0.15) is 37.7 Å². The Labute approximate surface area is 140 Å². The number of benzene rings is 1. The largest absolute Gasteiger partial charge is 0.447 e. The highest BCUT2D eigenvalue weighted by molar-refractivity contribution is 5.89. The maximum atomic E-state index is 13.4. The van der Waals surface area contributed by atoms with Crippen LogP contribution in [0, 0.1) is 5.41 Å². The molecule has 1 N–H and O–H groups in total. The summed E-state index contributed by atoms with van der Waals surface area (Å²) in [6.45, 7) is 1.74. The second kappa shape index (κ2) is 5.69. The van der Waals surface area contributed by atoms with E-state index in [0.717, 1.165) is 30.6 Å². The number of alkyl halides is 2. The van der Waals surface area contributed by atoms with Crippen LogP contribution in [0.2, 0.25) is 0 Å². The Morgan fingerprint density at radius 3 is 2.42 bits per heavy atom. The summed E-state index contributed by atoms with van der Waals surface area (Å²) in [5.74, 6) is -2.41. The van der Waals surface area contributed by atoms with Gasteiger partial charge in [-0.15, -0.1) is 0 Å². The van der Waals surface area contributed by atoms with Crippen LogP contribution in [0.3, 0.4) is 0 Å². The molecule has 1 aromatic carbocycles. The van der Waals surface area contributed by atoms with E-state index < -0.39 is 11.3 Å². The second-order valence-corrected chi connectivity index (χ2v) is 7.25. The summed E-state index contributed by atoms with van der Waals surface area (Å²) in [5, 5.41) is 3.48. The predicted octanol–water partition coefficient (Wildman–Crippen LogP) is 3.70. The van der Waals surface area contributed by atoms with Gasteiger partial charge in [0.05, 0.1) is 6.54 Å². The van der Waals surface area contributed by atoms with Gasteiger partial charge in [-0.2, -0.15) is 0 Å². The lowest BCUT2D eigenvalue weighted by atomic mass is 9.83. The molecular weight excluding hydrogens is 314 g/mol. The van der Waals surface area contributed by atoms with E-state index in [2.05, 4.69) is 5.32 Å². The molecule has 1 spiro atoms. The lowest BCUT2D eigenvalue weighted by Crippen LogP contribution is -2.34. The highest BCUT2D eigenvalue weighted by atomic mass is 19.3. The van der Waals surface area contributed by atoms with Crippen LogP contribution in [0.5, 0.6) is 0 Å². The van der Waals surface area contributed by atoms with Crippen LogP contribution in [-0.4, -0.2) is 31.2 Å². The van der Waals surface area contributed by atoms with Gasteiger partial charge < -0.3 is 10.1 Å². The molecule has 1 amide bonds. The van der Waals surface area contributed by atoms with E-state index in [0.29, 0.717) is 32.0 Å². The van der Waals surface area contributed by atoms with E-state index in [1.54, 1.807) is 4.90 Å². The molecule has 1 saturated heterocycles. The van der Waals surface area contributed by atoms with E-state index in [-0.39, 0.29) is 12.5 Å². The van der Waals surface area contributed by atoms with Crippen molar-refractivity contribution in [3.63, 3.8) is 0 Å². The molecular formula is C18H22F2N2O2. The van der Waals surface area contributed by atoms with E-state index in [1.807, 2.05) is 24.3 Å². The highest BCUT2D eigenvalue weighted by Gasteiger charge is 2.70. The standard InChI is InChI=1S/C18H22F2N2O2/c19-18(20)12-17(18)7-5-14(6-8-17)21-11-13-1-3-15(4-2-13)22-9-10-24-16(22)23/h1-4,14,21H,5-12H2. The van der Waals surface area contributed by atoms with Gasteiger partial charge in [-0.3, -0.25) is 4.90 Å². The minimum atomic E-state index is -2.41. The second-order valence-electron chi connectivity index (χ2n) is 7.25. The average Bonchev–Trinajstić information content (AvgIpc) is 2.90. The Kier molecular flexibility index (Phi) is 3.75. The van der Waals surface area contributed by atoms with Gasteiger partial charge in [-0.1, -0.05) is 12.1 Å². The summed E-state index contributed by atoms with van der Waals surface area (Å²) in [4.78, 5) is 13.2. The molecule has 0 atom stereocenters. The Morgan fingerprint density at radius 1 is 1.21 bits per heavy atom. The van der Waals surface area contributed by atoms with E-state index in [4.69, 9.17) is 4.74 Å². The molecule has 2 saturated carbocycles. The summed E-state index contributed by atoms with van der Waals surface area (Å²) < 4.78 is 31.7. The number of nitrogens with zero attached hydrogens (tertiary/aromatic N) is 1.